The first kappa shape index (κ1) is 18.9. The maximum Gasteiger partial charge on any atom is 0.336 e. The molecule has 0 bridgehead atoms. The van der Waals surface area contributed by atoms with Gasteiger partial charge in [0.2, 0.25) is 0 Å². The highest BCUT2D eigenvalue weighted by Crippen LogP contribution is 2.41. The summed E-state index contributed by atoms with van der Waals surface area (Å²) >= 11 is 0. The molecule has 2 nitrogen and oxygen atoms in total. The lowest BCUT2D eigenvalue weighted by Crippen LogP contribution is -2.05. The molecular formula is C27H24O2. The Hall–Kier alpha value is -3.39. The van der Waals surface area contributed by atoms with Crippen LogP contribution in [0.25, 0.3) is 33.0 Å². The average Bonchev–Trinajstić information content (AvgIpc) is 2.74. The highest BCUT2D eigenvalue weighted by Gasteiger charge is 2.21. The summed E-state index contributed by atoms with van der Waals surface area (Å²) in [4.78, 5) is 12.3. The van der Waals surface area contributed by atoms with E-state index in [1.165, 1.54) is 0 Å². The van der Waals surface area contributed by atoms with Crippen molar-refractivity contribution in [2.24, 2.45) is 5.92 Å². The summed E-state index contributed by atoms with van der Waals surface area (Å²) in [6.45, 7) is 4.33. The van der Waals surface area contributed by atoms with Gasteiger partial charge in [0.1, 0.15) is 0 Å². The number of fused-ring (bicyclic) bond motifs is 1. The van der Waals surface area contributed by atoms with Gasteiger partial charge >= 0.3 is 5.97 Å². The fourth-order valence-corrected chi connectivity index (χ4v) is 4.09. The van der Waals surface area contributed by atoms with Crippen LogP contribution in [0.3, 0.4) is 0 Å². The maximum absolute atomic E-state index is 12.3. The monoisotopic (exact) mass is 380 g/mol. The van der Waals surface area contributed by atoms with Crippen LogP contribution in [0.4, 0.5) is 0 Å². The molecule has 4 rings (SSSR count). The van der Waals surface area contributed by atoms with Crippen LogP contribution in [0.15, 0.2) is 84.9 Å². The van der Waals surface area contributed by atoms with Crippen molar-refractivity contribution >= 4 is 16.7 Å². The molecule has 0 heterocycles. The van der Waals surface area contributed by atoms with Gasteiger partial charge in [-0.15, -0.1) is 0 Å². The molecule has 0 amide bonds. The number of carbonyl (C=O) groups is 1. The van der Waals surface area contributed by atoms with Crippen LogP contribution in [0.5, 0.6) is 0 Å². The number of aromatic carboxylic acids is 1. The van der Waals surface area contributed by atoms with Gasteiger partial charge in [0, 0.05) is 5.56 Å². The Morgan fingerprint density at radius 2 is 1.45 bits per heavy atom. The van der Waals surface area contributed by atoms with Crippen LogP contribution < -0.4 is 0 Å². The first-order valence-electron chi connectivity index (χ1n) is 9.99. The molecule has 0 atom stereocenters. The molecule has 0 aliphatic heterocycles. The van der Waals surface area contributed by atoms with Crippen molar-refractivity contribution in [3.05, 3.63) is 96.1 Å². The minimum Gasteiger partial charge on any atom is -0.478 e. The quantitative estimate of drug-likeness (QED) is 0.402. The molecule has 0 unspecified atom stereocenters. The Morgan fingerprint density at radius 1 is 0.828 bits per heavy atom. The minimum atomic E-state index is -0.890. The molecule has 0 aliphatic rings. The fourth-order valence-electron chi connectivity index (χ4n) is 4.09. The normalized spacial score (nSPS) is 11.1. The van der Waals surface area contributed by atoms with Crippen molar-refractivity contribution < 1.29 is 9.90 Å². The second kappa shape index (κ2) is 7.92. The Bertz CT molecular complexity index is 1160. The van der Waals surface area contributed by atoms with Crippen molar-refractivity contribution in [3.63, 3.8) is 0 Å². The molecule has 2 heteroatoms. The fraction of sp³-hybridized carbons (Fsp3) is 0.148. The van der Waals surface area contributed by atoms with E-state index < -0.39 is 5.97 Å². The average molecular weight is 380 g/mol. The molecule has 4 aromatic rings. The maximum atomic E-state index is 12.3. The number of rotatable bonds is 5. The van der Waals surface area contributed by atoms with E-state index in [4.69, 9.17) is 0 Å². The number of hydrogen-bond acceptors (Lipinski definition) is 1. The summed E-state index contributed by atoms with van der Waals surface area (Å²) in [5.41, 5.74) is 5.32. The highest BCUT2D eigenvalue weighted by atomic mass is 16.4. The van der Waals surface area contributed by atoms with Gasteiger partial charge < -0.3 is 5.11 Å². The topological polar surface area (TPSA) is 37.3 Å². The summed E-state index contributed by atoms with van der Waals surface area (Å²) in [5.74, 6) is -0.457. The largest absolute Gasteiger partial charge is 0.478 e. The van der Waals surface area contributed by atoms with Gasteiger partial charge in [0.05, 0.1) is 5.56 Å². The molecular weight excluding hydrogens is 356 g/mol. The molecule has 144 valence electrons. The Morgan fingerprint density at radius 3 is 2.03 bits per heavy atom. The van der Waals surface area contributed by atoms with Gasteiger partial charge in [-0.25, -0.2) is 4.79 Å². The first-order valence-corrected chi connectivity index (χ1v) is 9.99. The van der Waals surface area contributed by atoms with Gasteiger partial charge in [-0.1, -0.05) is 92.7 Å². The van der Waals surface area contributed by atoms with Crippen LogP contribution in [0.2, 0.25) is 0 Å². The van der Waals surface area contributed by atoms with Crippen molar-refractivity contribution in [2.75, 3.05) is 0 Å². The zero-order chi connectivity index (χ0) is 20.4. The molecule has 4 aromatic carbocycles. The lowest BCUT2D eigenvalue weighted by Gasteiger charge is -2.19. The van der Waals surface area contributed by atoms with Crippen LogP contribution in [0, 0.1) is 5.92 Å². The van der Waals surface area contributed by atoms with Gasteiger partial charge in [0.25, 0.3) is 0 Å². The summed E-state index contributed by atoms with van der Waals surface area (Å²) in [6, 6.07) is 28.2. The van der Waals surface area contributed by atoms with Crippen LogP contribution in [0.1, 0.15) is 29.8 Å². The van der Waals surface area contributed by atoms with E-state index in [1.807, 2.05) is 54.6 Å². The Balaban J connectivity index is 2.18. The molecule has 0 radical (unpaired) electrons. The van der Waals surface area contributed by atoms with Gasteiger partial charge in [-0.2, -0.15) is 0 Å². The van der Waals surface area contributed by atoms with E-state index in [2.05, 4.69) is 44.2 Å². The minimum absolute atomic E-state index is 0.364. The molecule has 29 heavy (non-hydrogen) atoms. The van der Waals surface area contributed by atoms with E-state index >= 15 is 0 Å². The standard InChI is InChI=1S/C27H24O2/c1-18(2)16-21-17-24(27(28)29)25(20-12-7-4-8-13-20)26-22(14-9-15-23(21)26)19-10-5-3-6-11-19/h3-15,17-18H,16H2,1-2H3,(H,28,29). The lowest BCUT2D eigenvalue weighted by atomic mass is 9.84. The molecule has 0 saturated heterocycles. The van der Waals surface area contributed by atoms with Crippen LogP contribution in [-0.2, 0) is 6.42 Å². The van der Waals surface area contributed by atoms with Crippen molar-refractivity contribution in [3.8, 4) is 22.3 Å². The second-order valence-electron chi connectivity index (χ2n) is 7.82. The Labute approximate surface area is 171 Å². The third kappa shape index (κ3) is 3.66. The first-order chi connectivity index (χ1) is 14.1. The summed E-state index contributed by atoms with van der Waals surface area (Å²) in [7, 11) is 0. The lowest BCUT2D eigenvalue weighted by molar-refractivity contribution is 0.0697. The number of carboxylic acid groups (broad SMARTS) is 1. The van der Waals surface area contributed by atoms with Crippen molar-refractivity contribution in [1.29, 1.82) is 0 Å². The third-order valence-electron chi connectivity index (χ3n) is 5.25. The zero-order valence-corrected chi connectivity index (χ0v) is 16.7. The third-order valence-corrected chi connectivity index (χ3v) is 5.25. The molecule has 1 N–H and O–H groups in total. The second-order valence-corrected chi connectivity index (χ2v) is 7.82. The van der Waals surface area contributed by atoms with E-state index in [1.54, 1.807) is 0 Å². The zero-order valence-electron chi connectivity index (χ0n) is 16.7. The van der Waals surface area contributed by atoms with Crippen LogP contribution >= 0.6 is 0 Å². The van der Waals surface area contributed by atoms with E-state index in [0.29, 0.717) is 11.5 Å². The number of benzene rings is 4. The molecule has 0 aromatic heterocycles. The van der Waals surface area contributed by atoms with Gasteiger partial charge in [-0.05, 0) is 51.4 Å². The molecule has 0 saturated carbocycles. The van der Waals surface area contributed by atoms with E-state index in [-0.39, 0.29) is 0 Å². The van der Waals surface area contributed by atoms with Gasteiger partial charge in [-0.3, -0.25) is 0 Å². The van der Waals surface area contributed by atoms with E-state index in [0.717, 1.165) is 45.0 Å². The number of carboxylic acids is 1. The van der Waals surface area contributed by atoms with Crippen molar-refractivity contribution in [2.45, 2.75) is 20.3 Å². The molecule has 0 fully saturated rings. The summed E-state index contributed by atoms with van der Waals surface area (Å²) in [6.07, 6.45) is 0.837. The van der Waals surface area contributed by atoms with E-state index in [9.17, 15) is 9.90 Å². The molecule has 0 aliphatic carbocycles. The highest BCUT2D eigenvalue weighted by molar-refractivity contribution is 6.14. The van der Waals surface area contributed by atoms with Gasteiger partial charge in [0.15, 0.2) is 0 Å². The summed E-state index contributed by atoms with van der Waals surface area (Å²) < 4.78 is 0. The van der Waals surface area contributed by atoms with Crippen LogP contribution in [-0.4, -0.2) is 11.1 Å². The SMILES string of the molecule is CC(C)Cc1cc(C(=O)O)c(-c2ccccc2)c2c(-c3ccccc3)cccc12. The van der Waals surface area contributed by atoms with Crippen molar-refractivity contribution in [1.82, 2.24) is 0 Å². The number of hydrogen-bond donors (Lipinski definition) is 1. The Kier molecular flexibility index (Phi) is 5.18. The summed E-state index contributed by atoms with van der Waals surface area (Å²) in [5, 5.41) is 12.2. The molecule has 0 spiro atoms. The smallest absolute Gasteiger partial charge is 0.336 e. The predicted molar refractivity (Wildman–Crippen MR) is 120 cm³/mol. The predicted octanol–water partition coefficient (Wildman–Crippen LogP) is 7.07.